The van der Waals surface area contributed by atoms with E-state index < -0.39 is 0 Å². The first kappa shape index (κ1) is 17.5. The van der Waals surface area contributed by atoms with Crippen LogP contribution in [-0.4, -0.2) is 47.9 Å². The van der Waals surface area contributed by atoms with Gasteiger partial charge in [-0.25, -0.2) is 0 Å². The molecule has 6 heteroatoms. The minimum absolute atomic E-state index is 0.104. The van der Waals surface area contributed by atoms with Crippen LogP contribution in [0.3, 0.4) is 0 Å². The fourth-order valence-electron chi connectivity index (χ4n) is 5.50. The summed E-state index contributed by atoms with van der Waals surface area (Å²) in [7, 11) is 0. The monoisotopic (exact) mass is 388 g/mol. The van der Waals surface area contributed by atoms with Crippen molar-refractivity contribution in [3.05, 3.63) is 28.3 Å². The van der Waals surface area contributed by atoms with Crippen LogP contribution in [0.15, 0.2) is 12.1 Å². The van der Waals surface area contributed by atoms with Crippen molar-refractivity contribution < 1.29 is 14.3 Å². The highest BCUT2D eigenvalue weighted by molar-refractivity contribution is 6.31. The summed E-state index contributed by atoms with van der Waals surface area (Å²) in [6, 6.07) is 4.61. The maximum atomic E-state index is 13.0. The van der Waals surface area contributed by atoms with Crippen LogP contribution >= 0.6 is 11.6 Å². The highest BCUT2D eigenvalue weighted by atomic mass is 35.5. The number of carbonyl (C=O) groups is 2. The number of nitrogens with one attached hydrogen (secondary N) is 1. The average Bonchev–Trinajstić information content (AvgIpc) is 2.89. The molecule has 5 nitrogen and oxygen atoms in total. The van der Waals surface area contributed by atoms with Crippen LogP contribution in [0.2, 0.25) is 5.02 Å². The van der Waals surface area contributed by atoms with E-state index in [9.17, 15) is 9.59 Å². The normalized spacial score (nSPS) is 35.5. The van der Waals surface area contributed by atoms with Gasteiger partial charge in [-0.3, -0.25) is 14.5 Å². The van der Waals surface area contributed by atoms with Gasteiger partial charge in [0.2, 0.25) is 0 Å². The van der Waals surface area contributed by atoms with Crippen molar-refractivity contribution in [2.24, 2.45) is 5.92 Å². The van der Waals surface area contributed by atoms with Gasteiger partial charge in [-0.1, -0.05) is 25.4 Å². The Balaban J connectivity index is 1.35. The van der Waals surface area contributed by atoms with E-state index in [2.05, 4.69) is 24.1 Å². The third-order valence-corrected chi connectivity index (χ3v) is 7.12. The number of benzene rings is 1. The third kappa shape index (κ3) is 2.78. The van der Waals surface area contributed by atoms with Crippen LogP contribution < -0.4 is 10.1 Å². The summed E-state index contributed by atoms with van der Waals surface area (Å²) in [5, 5.41) is 3.80. The number of hydrogen-bond acceptors (Lipinski definition) is 4. The van der Waals surface area contributed by atoms with Crippen LogP contribution in [0.1, 0.15) is 55.5 Å². The summed E-state index contributed by atoms with van der Waals surface area (Å²) in [5.41, 5.74) is 1.40. The molecule has 0 saturated carbocycles. The lowest BCUT2D eigenvalue weighted by molar-refractivity contribution is -0.141. The number of ether oxygens (including phenoxy) is 1. The molecule has 27 heavy (non-hydrogen) atoms. The van der Waals surface area contributed by atoms with Crippen molar-refractivity contribution in [3.63, 3.8) is 0 Å². The second kappa shape index (κ2) is 5.95. The highest BCUT2D eigenvalue weighted by Gasteiger charge is 2.48. The molecule has 0 radical (unpaired) electrons. The molecule has 1 N–H and O–H groups in total. The molecule has 2 unspecified atom stereocenters. The zero-order valence-corrected chi connectivity index (χ0v) is 16.5. The highest BCUT2D eigenvalue weighted by Crippen LogP contribution is 2.43. The predicted octanol–water partition coefficient (Wildman–Crippen LogP) is 2.93. The zero-order chi connectivity index (χ0) is 18.9. The van der Waals surface area contributed by atoms with E-state index in [-0.39, 0.29) is 23.3 Å². The van der Waals surface area contributed by atoms with Crippen LogP contribution in [0.4, 0.5) is 0 Å². The van der Waals surface area contributed by atoms with Gasteiger partial charge in [-0.15, -0.1) is 0 Å². The van der Waals surface area contributed by atoms with Crippen molar-refractivity contribution in [1.82, 2.24) is 10.2 Å². The van der Waals surface area contributed by atoms with Gasteiger partial charge in [0.15, 0.2) is 0 Å². The van der Waals surface area contributed by atoms with Gasteiger partial charge in [0, 0.05) is 40.0 Å². The third-order valence-electron chi connectivity index (χ3n) is 6.90. The number of ketones is 1. The average molecular weight is 389 g/mol. The summed E-state index contributed by atoms with van der Waals surface area (Å²) < 4.78 is 5.87. The Kier molecular flexibility index (Phi) is 3.86. The molecule has 1 aromatic rings. The van der Waals surface area contributed by atoms with Gasteiger partial charge >= 0.3 is 0 Å². The lowest BCUT2D eigenvalue weighted by Crippen LogP contribution is -2.64. The minimum Gasteiger partial charge on any atom is -0.492 e. The summed E-state index contributed by atoms with van der Waals surface area (Å²) >= 11 is 6.30. The van der Waals surface area contributed by atoms with Crippen molar-refractivity contribution in [1.29, 1.82) is 0 Å². The van der Waals surface area contributed by atoms with Crippen molar-refractivity contribution in [3.8, 4) is 5.75 Å². The number of hydrogen-bond donors (Lipinski definition) is 1. The lowest BCUT2D eigenvalue weighted by atomic mass is 9.71. The van der Waals surface area contributed by atoms with E-state index >= 15 is 0 Å². The Morgan fingerprint density at radius 2 is 1.93 bits per heavy atom. The Morgan fingerprint density at radius 3 is 2.59 bits per heavy atom. The Labute approximate surface area is 164 Å². The molecule has 0 spiro atoms. The molecule has 5 aliphatic heterocycles. The number of rotatable bonds is 2. The zero-order valence-electron chi connectivity index (χ0n) is 15.8. The summed E-state index contributed by atoms with van der Waals surface area (Å²) in [6.45, 7) is 5.36. The quantitative estimate of drug-likeness (QED) is 0.846. The van der Waals surface area contributed by atoms with E-state index in [0.29, 0.717) is 47.4 Å². The molecule has 6 rings (SSSR count). The van der Waals surface area contributed by atoms with E-state index in [1.54, 1.807) is 6.07 Å². The molecule has 5 heterocycles. The standard InChI is InChI=1S/C21H25ClN2O3/c1-21(2)10-27-19-16(5-12(22)6-17(19)21)20(26)23-13-7-14-3-11-4-15(8-13)24(14)9-18(11)25/h5-6,11,13-15H,3-4,7-10H2,1-2H3,(H,23,26). The first-order chi connectivity index (χ1) is 12.8. The van der Waals surface area contributed by atoms with E-state index in [4.69, 9.17) is 16.3 Å². The predicted molar refractivity (Wildman–Crippen MR) is 102 cm³/mol. The Bertz CT molecular complexity index is 821. The second-order valence-corrected chi connectivity index (χ2v) is 9.70. The van der Waals surface area contributed by atoms with Crippen molar-refractivity contribution in [2.75, 3.05) is 13.2 Å². The number of piperidine rings is 4. The summed E-state index contributed by atoms with van der Waals surface area (Å²) in [6.07, 6.45) is 3.74. The van der Waals surface area contributed by atoms with Crippen molar-refractivity contribution in [2.45, 2.75) is 63.1 Å². The smallest absolute Gasteiger partial charge is 0.255 e. The SMILES string of the molecule is CC1(C)COc2c(C(=O)NC3CC4CC5CC(C3)N4CC5=O)cc(Cl)cc21. The number of nitrogens with zero attached hydrogens (tertiary/aromatic N) is 1. The first-order valence-corrected chi connectivity index (χ1v) is 10.3. The molecule has 4 bridgehead atoms. The van der Waals surface area contributed by atoms with Crippen LogP contribution in [0.25, 0.3) is 0 Å². The molecule has 2 atom stereocenters. The first-order valence-electron chi connectivity index (χ1n) is 9.88. The second-order valence-electron chi connectivity index (χ2n) is 9.26. The molecule has 1 aromatic carbocycles. The molecule has 4 saturated heterocycles. The molecule has 144 valence electrons. The molecule has 1 amide bonds. The topological polar surface area (TPSA) is 58.6 Å². The maximum Gasteiger partial charge on any atom is 0.255 e. The van der Waals surface area contributed by atoms with Gasteiger partial charge in [-0.2, -0.15) is 0 Å². The number of fused-ring (bicyclic) bond motifs is 2. The molecular weight excluding hydrogens is 364 g/mol. The van der Waals surface area contributed by atoms with Crippen molar-refractivity contribution >= 4 is 23.3 Å². The molecule has 5 aliphatic rings. The van der Waals surface area contributed by atoms with Gasteiger partial charge < -0.3 is 10.1 Å². The summed E-state index contributed by atoms with van der Waals surface area (Å²) in [5.74, 6) is 1.21. The lowest BCUT2D eigenvalue weighted by Gasteiger charge is -2.54. The summed E-state index contributed by atoms with van der Waals surface area (Å²) in [4.78, 5) is 27.4. The van der Waals surface area contributed by atoms with Gasteiger partial charge in [0.05, 0.1) is 18.7 Å². The fraction of sp³-hybridized carbons (Fsp3) is 0.619. The van der Waals surface area contributed by atoms with Crippen LogP contribution in [-0.2, 0) is 10.2 Å². The van der Waals surface area contributed by atoms with E-state index in [1.165, 1.54) is 0 Å². The van der Waals surface area contributed by atoms with E-state index in [0.717, 1.165) is 31.2 Å². The maximum absolute atomic E-state index is 13.0. The molecular formula is C21H25ClN2O3. The van der Waals surface area contributed by atoms with E-state index in [1.807, 2.05) is 6.07 Å². The Morgan fingerprint density at radius 1 is 1.22 bits per heavy atom. The largest absolute Gasteiger partial charge is 0.492 e. The molecule has 0 aromatic heterocycles. The molecule has 4 fully saturated rings. The molecule has 0 aliphatic carbocycles. The van der Waals surface area contributed by atoms with Gasteiger partial charge in [0.25, 0.3) is 5.91 Å². The number of Topliss-reactive ketones (excluding diaryl/α,β-unsaturated/α-hetero) is 1. The number of carbonyl (C=O) groups excluding carboxylic acids is 2. The Hall–Kier alpha value is -1.59. The number of halogens is 1. The van der Waals surface area contributed by atoms with Crippen LogP contribution in [0.5, 0.6) is 5.75 Å². The minimum atomic E-state index is -0.143. The number of amides is 1. The van der Waals surface area contributed by atoms with Crippen LogP contribution in [0, 0.1) is 5.92 Å². The fourth-order valence-corrected chi connectivity index (χ4v) is 5.72. The van der Waals surface area contributed by atoms with Gasteiger partial charge in [-0.05, 0) is 37.8 Å². The van der Waals surface area contributed by atoms with Gasteiger partial charge in [0.1, 0.15) is 11.5 Å².